The second kappa shape index (κ2) is 5.29. The normalized spacial score (nSPS) is 12.9. The Bertz CT molecular complexity index is 306. The topological polar surface area (TPSA) is 35.2 Å². The summed E-state index contributed by atoms with van der Waals surface area (Å²) in [4.78, 5) is 0. The fraction of sp³-hybridized carbons (Fsp3) is 0.400. The predicted octanol–water partition coefficient (Wildman–Crippen LogP) is 2.00. The van der Waals surface area contributed by atoms with Crippen LogP contribution in [0.1, 0.15) is 5.56 Å². The summed E-state index contributed by atoms with van der Waals surface area (Å²) >= 11 is 5.74. The molecule has 0 saturated carbocycles. The number of rotatable bonds is 4. The second-order valence-electron chi connectivity index (χ2n) is 3.16. The highest BCUT2D eigenvalue weighted by Crippen LogP contribution is 2.15. The van der Waals surface area contributed by atoms with E-state index < -0.39 is 0 Å². The van der Waals surface area contributed by atoms with Crippen LogP contribution in [0.25, 0.3) is 0 Å². The Hall–Kier alpha value is -0.640. The third kappa shape index (κ3) is 3.25. The largest absolute Gasteiger partial charge is 0.383 e. The number of ether oxygens (including phenoxy) is 1. The van der Waals surface area contributed by atoms with Crippen molar-refractivity contribution in [3.8, 4) is 0 Å². The SMILES string of the molecule is COCC(N)Cc1cc(Cl)ccc1F. The van der Waals surface area contributed by atoms with Crippen LogP contribution in [0.15, 0.2) is 18.2 Å². The first kappa shape index (κ1) is 11.4. The third-order valence-electron chi connectivity index (χ3n) is 1.87. The molecule has 1 aromatic carbocycles. The van der Waals surface area contributed by atoms with Crippen LogP contribution < -0.4 is 5.73 Å². The first-order valence-electron chi connectivity index (χ1n) is 4.32. The molecule has 1 unspecified atom stereocenters. The highest BCUT2D eigenvalue weighted by atomic mass is 35.5. The molecule has 0 saturated heterocycles. The zero-order valence-corrected chi connectivity index (χ0v) is 8.72. The first-order chi connectivity index (χ1) is 6.63. The van der Waals surface area contributed by atoms with E-state index in [4.69, 9.17) is 22.1 Å². The molecule has 4 heteroatoms. The molecule has 1 rings (SSSR count). The highest BCUT2D eigenvalue weighted by molar-refractivity contribution is 6.30. The molecule has 0 aliphatic rings. The maximum atomic E-state index is 13.2. The molecule has 0 amide bonds. The predicted molar refractivity (Wildman–Crippen MR) is 55.0 cm³/mol. The standard InChI is InChI=1S/C10H13ClFNO/c1-14-6-9(13)5-7-4-8(11)2-3-10(7)12/h2-4,9H,5-6,13H2,1H3. The van der Waals surface area contributed by atoms with E-state index >= 15 is 0 Å². The molecule has 0 heterocycles. The molecular formula is C10H13ClFNO. The zero-order chi connectivity index (χ0) is 10.6. The van der Waals surface area contributed by atoms with Gasteiger partial charge in [0.25, 0.3) is 0 Å². The van der Waals surface area contributed by atoms with Gasteiger partial charge in [-0.1, -0.05) is 11.6 Å². The number of hydrogen-bond donors (Lipinski definition) is 1. The smallest absolute Gasteiger partial charge is 0.126 e. The molecule has 1 atom stereocenters. The second-order valence-corrected chi connectivity index (χ2v) is 3.59. The van der Waals surface area contributed by atoms with Crippen molar-refractivity contribution in [1.29, 1.82) is 0 Å². The van der Waals surface area contributed by atoms with Gasteiger partial charge in [0.2, 0.25) is 0 Å². The van der Waals surface area contributed by atoms with Gasteiger partial charge >= 0.3 is 0 Å². The van der Waals surface area contributed by atoms with E-state index in [9.17, 15) is 4.39 Å². The van der Waals surface area contributed by atoms with Crippen LogP contribution in [-0.2, 0) is 11.2 Å². The van der Waals surface area contributed by atoms with Gasteiger partial charge in [-0.25, -0.2) is 4.39 Å². The van der Waals surface area contributed by atoms with Gasteiger partial charge in [0.1, 0.15) is 5.82 Å². The third-order valence-corrected chi connectivity index (χ3v) is 2.11. The van der Waals surface area contributed by atoms with Crippen LogP contribution in [0, 0.1) is 5.82 Å². The molecule has 0 aliphatic heterocycles. The van der Waals surface area contributed by atoms with Gasteiger partial charge in [0, 0.05) is 18.2 Å². The van der Waals surface area contributed by atoms with Crippen LogP contribution in [0.3, 0.4) is 0 Å². The average Bonchev–Trinajstić information content (AvgIpc) is 2.12. The van der Waals surface area contributed by atoms with Crippen molar-refractivity contribution in [1.82, 2.24) is 0 Å². The van der Waals surface area contributed by atoms with E-state index in [1.807, 2.05) is 0 Å². The van der Waals surface area contributed by atoms with Gasteiger partial charge in [-0.05, 0) is 30.2 Å². The first-order valence-corrected chi connectivity index (χ1v) is 4.69. The quantitative estimate of drug-likeness (QED) is 0.837. The van der Waals surface area contributed by atoms with E-state index in [-0.39, 0.29) is 11.9 Å². The van der Waals surface area contributed by atoms with Crippen molar-refractivity contribution in [2.75, 3.05) is 13.7 Å². The molecule has 1 aromatic rings. The molecule has 0 fully saturated rings. The summed E-state index contributed by atoms with van der Waals surface area (Å²) in [7, 11) is 1.56. The molecule has 0 radical (unpaired) electrons. The van der Waals surface area contributed by atoms with Crippen LogP contribution >= 0.6 is 11.6 Å². The Morgan fingerprint density at radius 3 is 2.93 bits per heavy atom. The number of benzene rings is 1. The lowest BCUT2D eigenvalue weighted by molar-refractivity contribution is 0.179. The van der Waals surface area contributed by atoms with Crippen LogP contribution in [0.2, 0.25) is 5.02 Å². The number of hydrogen-bond acceptors (Lipinski definition) is 2. The Labute approximate surface area is 87.8 Å². The molecule has 14 heavy (non-hydrogen) atoms. The van der Waals surface area contributed by atoms with Crippen molar-refractivity contribution in [2.24, 2.45) is 5.73 Å². The lowest BCUT2D eigenvalue weighted by Gasteiger charge is -2.11. The summed E-state index contributed by atoms with van der Waals surface area (Å²) in [5.41, 5.74) is 6.23. The minimum absolute atomic E-state index is 0.201. The molecule has 2 nitrogen and oxygen atoms in total. The van der Waals surface area contributed by atoms with Gasteiger partial charge in [-0.15, -0.1) is 0 Å². The Morgan fingerprint density at radius 1 is 1.57 bits per heavy atom. The van der Waals surface area contributed by atoms with Crippen LogP contribution in [0.5, 0.6) is 0 Å². The van der Waals surface area contributed by atoms with Crippen molar-refractivity contribution >= 4 is 11.6 Å². The molecule has 0 spiro atoms. The zero-order valence-electron chi connectivity index (χ0n) is 7.97. The fourth-order valence-corrected chi connectivity index (χ4v) is 1.45. The van der Waals surface area contributed by atoms with E-state index in [2.05, 4.69) is 0 Å². The summed E-state index contributed by atoms with van der Waals surface area (Å²) in [6.45, 7) is 0.409. The Balaban J connectivity index is 2.70. The highest BCUT2D eigenvalue weighted by Gasteiger charge is 2.08. The fourth-order valence-electron chi connectivity index (χ4n) is 1.26. The van der Waals surface area contributed by atoms with Crippen LogP contribution in [-0.4, -0.2) is 19.8 Å². The van der Waals surface area contributed by atoms with Crippen molar-refractivity contribution < 1.29 is 9.13 Å². The molecule has 0 aliphatic carbocycles. The van der Waals surface area contributed by atoms with Gasteiger partial charge in [0.05, 0.1) is 6.61 Å². The summed E-state index contributed by atoms with van der Waals surface area (Å²) in [6.07, 6.45) is 0.431. The molecule has 0 aromatic heterocycles. The maximum absolute atomic E-state index is 13.2. The van der Waals surface area contributed by atoms with Crippen molar-refractivity contribution in [2.45, 2.75) is 12.5 Å². The van der Waals surface area contributed by atoms with E-state index in [1.165, 1.54) is 12.1 Å². The monoisotopic (exact) mass is 217 g/mol. The molecule has 0 bridgehead atoms. The number of methoxy groups -OCH3 is 1. The Morgan fingerprint density at radius 2 is 2.29 bits per heavy atom. The van der Waals surface area contributed by atoms with E-state index in [0.717, 1.165) is 0 Å². The summed E-state index contributed by atoms with van der Waals surface area (Å²) in [5.74, 6) is -0.277. The van der Waals surface area contributed by atoms with Gasteiger partial charge in [-0.3, -0.25) is 0 Å². The molecule has 78 valence electrons. The lowest BCUT2D eigenvalue weighted by Crippen LogP contribution is -2.28. The minimum atomic E-state index is -0.277. The molecule has 2 N–H and O–H groups in total. The Kier molecular flexibility index (Phi) is 4.32. The lowest BCUT2D eigenvalue weighted by atomic mass is 10.1. The summed E-state index contributed by atoms with van der Waals surface area (Å²) in [6, 6.07) is 4.25. The summed E-state index contributed by atoms with van der Waals surface area (Å²) in [5, 5.41) is 0.519. The van der Waals surface area contributed by atoms with Crippen molar-refractivity contribution in [3.05, 3.63) is 34.6 Å². The minimum Gasteiger partial charge on any atom is -0.383 e. The number of halogens is 2. The van der Waals surface area contributed by atoms with Gasteiger partial charge in [-0.2, -0.15) is 0 Å². The van der Waals surface area contributed by atoms with E-state index in [0.29, 0.717) is 23.6 Å². The average molecular weight is 218 g/mol. The van der Waals surface area contributed by atoms with Gasteiger partial charge < -0.3 is 10.5 Å². The molecular weight excluding hydrogens is 205 g/mol. The van der Waals surface area contributed by atoms with Gasteiger partial charge in [0.15, 0.2) is 0 Å². The van der Waals surface area contributed by atoms with E-state index in [1.54, 1.807) is 13.2 Å². The summed E-state index contributed by atoms with van der Waals surface area (Å²) < 4.78 is 18.1. The van der Waals surface area contributed by atoms with Crippen LogP contribution in [0.4, 0.5) is 4.39 Å². The maximum Gasteiger partial charge on any atom is 0.126 e. The number of nitrogens with two attached hydrogens (primary N) is 1. The van der Waals surface area contributed by atoms with Crippen molar-refractivity contribution in [3.63, 3.8) is 0 Å².